The zero-order valence-corrected chi connectivity index (χ0v) is 22.2. The molecule has 0 fully saturated rings. The van der Waals surface area contributed by atoms with Crippen LogP contribution in [0.5, 0.6) is 0 Å². The number of hydrogen-bond donors (Lipinski definition) is 0. The van der Waals surface area contributed by atoms with Gasteiger partial charge in [0.2, 0.25) is 0 Å². The summed E-state index contributed by atoms with van der Waals surface area (Å²) < 4.78 is 1.56. The Bertz CT molecular complexity index is 848. The van der Waals surface area contributed by atoms with E-state index < -0.39 is 8.07 Å². The predicted molar refractivity (Wildman–Crippen MR) is 108 cm³/mol. The normalized spacial score (nSPS) is 20.7. The van der Waals surface area contributed by atoms with Gasteiger partial charge in [0.15, 0.2) is 0 Å². The zero-order chi connectivity index (χ0) is 18.4. The van der Waals surface area contributed by atoms with Crippen molar-refractivity contribution in [3.8, 4) is 0 Å². The SMILES string of the molecule is CC1=C(C)C(C)([Si](C)(c2ccccc2)c2ccc(C)cc2)[C]([Ti+3])=C1C.[Cl-].[Cl-].[Cl-]. The molecule has 2 aromatic rings. The first kappa shape index (κ1) is 27.7. The van der Waals surface area contributed by atoms with Gasteiger partial charge in [-0.2, -0.15) is 0 Å². The smallest absolute Gasteiger partial charge is 1.00 e. The fraction of sp³-hybridized carbons (Fsp3) is 0.304. The Kier molecular flexibility index (Phi) is 10.1. The van der Waals surface area contributed by atoms with E-state index in [0.717, 1.165) is 0 Å². The minimum Gasteiger partial charge on any atom is -1.00 e. The van der Waals surface area contributed by atoms with Crippen LogP contribution in [0.4, 0.5) is 0 Å². The number of hydrogen-bond acceptors (Lipinski definition) is 0. The summed E-state index contributed by atoms with van der Waals surface area (Å²) in [4.78, 5) is 0. The second-order valence-electron chi connectivity index (χ2n) is 7.73. The maximum absolute atomic E-state index is 2.56. The van der Waals surface area contributed by atoms with Crippen LogP contribution in [0, 0.1) is 6.92 Å². The van der Waals surface area contributed by atoms with E-state index >= 15 is 0 Å². The zero-order valence-electron chi connectivity index (χ0n) is 17.3. The van der Waals surface area contributed by atoms with Gasteiger partial charge < -0.3 is 37.2 Å². The van der Waals surface area contributed by atoms with E-state index in [9.17, 15) is 0 Å². The summed E-state index contributed by atoms with van der Waals surface area (Å²) in [5, 5.41) is 3.15. The summed E-state index contributed by atoms with van der Waals surface area (Å²) in [5.41, 5.74) is 5.86. The standard InChI is InChI=1S/C23H27Si.3ClH.Ti/c1-17-12-14-22(15-13-17)24(6,21-10-8-7-9-11-21)23(5)16-18(2)19(3)20(23)4;;;;/h7-15H,1-6H3;3*1H;/q;;;;+3/p-3. The van der Waals surface area contributed by atoms with Gasteiger partial charge in [-0.15, -0.1) is 0 Å². The topological polar surface area (TPSA) is 0 Å². The van der Waals surface area contributed by atoms with Crippen LogP contribution in [0.15, 0.2) is 75.2 Å². The quantitative estimate of drug-likeness (QED) is 0.391. The molecule has 0 N–H and O–H groups in total. The van der Waals surface area contributed by atoms with Crippen molar-refractivity contribution < 1.29 is 57.7 Å². The minimum absolute atomic E-state index is 0. The monoisotopic (exact) mass is 484 g/mol. The summed E-state index contributed by atoms with van der Waals surface area (Å²) >= 11 is 2.36. The van der Waals surface area contributed by atoms with Crippen molar-refractivity contribution in [1.82, 2.24) is 0 Å². The Hall–Kier alpha value is -0.279. The number of benzene rings is 2. The first-order valence-corrected chi connectivity index (χ1v) is 12.3. The van der Waals surface area contributed by atoms with E-state index in [1.807, 2.05) is 0 Å². The molecule has 1 aliphatic rings. The molecule has 2 aromatic carbocycles. The Morgan fingerprint density at radius 3 is 1.61 bits per heavy atom. The largest absolute Gasteiger partial charge is 1.00 e. The molecule has 0 aromatic heterocycles. The molecule has 0 saturated carbocycles. The molecule has 0 bridgehead atoms. The molecule has 1 aliphatic carbocycles. The fourth-order valence-corrected chi connectivity index (χ4v) is 11.0. The van der Waals surface area contributed by atoms with Crippen LogP contribution in [0.25, 0.3) is 0 Å². The predicted octanol–water partition coefficient (Wildman–Crippen LogP) is -3.87. The molecule has 0 aliphatic heterocycles. The first-order valence-electron chi connectivity index (χ1n) is 8.98. The average Bonchev–Trinajstić information content (AvgIpc) is 2.79. The van der Waals surface area contributed by atoms with Gasteiger partial charge in [-0.05, 0) is 0 Å². The fourth-order valence-electron chi connectivity index (χ4n) is 4.43. The number of halogens is 3. The van der Waals surface area contributed by atoms with Crippen molar-refractivity contribution in [3.63, 3.8) is 0 Å². The van der Waals surface area contributed by atoms with E-state index in [1.165, 1.54) is 27.1 Å². The molecular formula is C23H27Cl3SiTi. The molecule has 0 radical (unpaired) electrons. The number of aryl methyl sites for hydroxylation is 1. The van der Waals surface area contributed by atoms with E-state index in [0.29, 0.717) is 0 Å². The summed E-state index contributed by atoms with van der Waals surface area (Å²) in [5.74, 6) is 0. The molecule has 2 unspecified atom stereocenters. The van der Waals surface area contributed by atoms with E-state index in [2.05, 4.69) is 116 Å². The van der Waals surface area contributed by atoms with Gasteiger partial charge in [-0.1, -0.05) is 0 Å². The Morgan fingerprint density at radius 2 is 1.18 bits per heavy atom. The number of allylic oxidation sites excluding steroid dienone is 4. The van der Waals surface area contributed by atoms with E-state index in [-0.39, 0.29) is 42.3 Å². The maximum atomic E-state index is 2.56. The molecule has 2 atom stereocenters. The second kappa shape index (κ2) is 10.2. The van der Waals surface area contributed by atoms with Gasteiger partial charge in [-0.25, -0.2) is 0 Å². The Morgan fingerprint density at radius 1 is 0.714 bits per heavy atom. The van der Waals surface area contributed by atoms with Crippen LogP contribution in [-0.4, -0.2) is 8.07 Å². The second-order valence-corrected chi connectivity index (χ2v) is 12.9. The average molecular weight is 486 g/mol. The molecule has 28 heavy (non-hydrogen) atoms. The third-order valence-corrected chi connectivity index (χ3v) is 14.1. The summed E-state index contributed by atoms with van der Waals surface area (Å²) in [7, 11) is -2.04. The van der Waals surface area contributed by atoms with Crippen molar-refractivity contribution in [2.45, 2.75) is 46.2 Å². The van der Waals surface area contributed by atoms with Gasteiger partial charge in [0.05, 0.1) is 0 Å². The van der Waals surface area contributed by atoms with Crippen molar-refractivity contribution in [2.75, 3.05) is 0 Å². The van der Waals surface area contributed by atoms with Gasteiger partial charge in [0.1, 0.15) is 0 Å². The van der Waals surface area contributed by atoms with Crippen LogP contribution in [-0.2, 0) is 20.4 Å². The minimum atomic E-state index is -2.04. The first-order chi connectivity index (χ1) is 11.7. The Balaban J connectivity index is 0.00000243. The molecule has 0 heterocycles. The number of rotatable bonds is 3. The van der Waals surface area contributed by atoms with E-state index in [4.69, 9.17) is 0 Å². The molecule has 0 amide bonds. The third-order valence-electron chi connectivity index (χ3n) is 6.73. The van der Waals surface area contributed by atoms with E-state index in [1.54, 1.807) is 9.45 Å². The third kappa shape index (κ3) is 4.00. The van der Waals surface area contributed by atoms with Gasteiger partial charge in [0.25, 0.3) is 0 Å². The van der Waals surface area contributed by atoms with Crippen LogP contribution >= 0.6 is 0 Å². The molecule has 0 nitrogen and oxygen atoms in total. The molecule has 0 saturated heterocycles. The van der Waals surface area contributed by atoms with Gasteiger partial charge >= 0.3 is 166 Å². The van der Waals surface area contributed by atoms with Crippen molar-refractivity contribution in [2.24, 2.45) is 0 Å². The van der Waals surface area contributed by atoms with Crippen LogP contribution in [0.1, 0.15) is 33.3 Å². The van der Waals surface area contributed by atoms with Gasteiger partial charge in [0, 0.05) is 0 Å². The van der Waals surface area contributed by atoms with Gasteiger partial charge in [-0.3, -0.25) is 0 Å². The molecule has 5 heteroatoms. The molecule has 0 spiro atoms. The van der Waals surface area contributed by atoms with Crippen molar-refractivity contribution in [3.05, 3.63) is 80.8 Å². The van der Waals surface area contributed by atoms with Crippen molar-refractivity contribution in [1.29, 1.82) is 0 Å². The summed E-state index contributed by atoms with van der Waals surface area (Å²) in [6.07, 6.45) is 0. The maximum Gasteiger partial charge on any atom is -1.00 e. The van der Waals surface area contributed by atoms with Crippen LogP contribution in [0.3, 0.4) is 0 Å². The van der Waals surface area contributed by atoms with Crippen molar-refractivity contribution >= 4 is 18.4 Å². The molecular weight excluding hydrogens is 459 g/mol. The van der Waals surface area contributed by atoms with Crippen LogP contribution in [0.2, 0.25) is 11.6 Å². The Labute approximate surface area is 201 Å². The van der Waals surface area contributed by atoms with Crippen LogP contribution < -0.4 is 47.6 Å². The molecule has 148 valence electrons. The summed E-state index contributed by atoms with van der Waals surface area (Å²) in [6.45, 7) is 14.2. The molecule has 3 rings (SSSR count). The summed E-state index contributed by atoms with van der Waals surface area (Å²) in [6, 6.07) is 20.5.